The van der Waals surface area contributed by atoms with Crippen molar-refractivity contribution in [3.63, 3.8) is 0 Å². The lowest BCUT2D eigenvalue weighted by Crippen LogP contribution is -2.29. The van der Waals surface area contributed by atoms with Crippen LogP contribution < -0.4 is 5.32 Å². The van der Waals surface area contributed by atoms with Crippen molar-refractivity contribution in [3.05, 3.63) is 22.5 Å². The van der Waals surface area contributed by atoms with E-state index in [-0.39, 0.29) is 18.6 Å². The highest BCUT2D eigenvalue weighted by Gasteiger charge is 2.28. The zero-order chi connectivity index (χ0) is 17.2. The van der Waals surface area contributed by atoms with E-state index in [0.717, 1.165) is 35.9 Å². The normalized spacial score (nSPS) is 20.3. The highest BCUT2D eigenvalue weighted by molar-refractivity contribution is 7.15. The molecule has 0 radical (unpaired) electrons. The number of carbonyl (C=O) groups excluding carboxylic acids is 1. The SMILES string of the molecule is CN(CC(=O)Nc1nnc([C@H]2CCCO2)s1)Cc1cc(C2CC2)on1. The van der Waals surface area contributed by atoms with Crippen LogP contribution in [0.2, 0.25) is 0 Å². The first kappa shape index (κ1) is 16.6. The molecule has 1 saturated heterocycles. The molecule has 4 rings (SSSR count). The van der Waals surface area contributed by atoms with Gasteiger partial charge in [0, 0.05) is 25.1 Å². The summed E-state index contributed by atoms with van der Waals surface area (Å²) in [5.41, 5.74) is 0.855. The monoisotopic (exact) mass is 363 g/mol. The van der Waals surface area contributed by atoms with Crippen LogP contribution >= 0.6 is 11.3 Å². The summed E-state index contributed by atoms with van der Waals surface area (Å²) in [6.07, 6.45) is 4.40. The summed E-state index contributed by atoms with van der Waals surface area (Å²) < 4.78 is 10.9. The predicted molar refractivity (Wildman–Crippen MR) is 91.3 cm³/mol. The van der Waals surface area contributed by atoms with Gasteiger partial charge in [-0.3, -0.25) is 15.0 Å². The first-order chi connectivity index (χ1) is 12.2. The lowest BCUT2D eigenvalue weighted by molar-refractivity contribution is -0.117. The highest BCUT2D eigenvalue weighted by Crippen LogP contribution is 2.40. The number of anilines is 1. The first-order valence-corrected chi connectivity index (χ1v) is 9.38. The number of amides is 1. The Kier molecular flexibility index (Phi) is 4.78. The standard InChI is InChI=1S/C16H21N5O3S/c1-21(8-11-7-13(24-20-11)10-4-5-10)9-14(22)17-16-19-18-15(25-16)12-3-2-6-23-12/h7,10,12H,2-6,8-9H2,1H3,(H,17,19,22)/t12-/m1/s1. The molecule has 1 amide bonds. The minimum absolute atomic E-state index is 0.0265. The third-order valence-electron chi connectivity index (χ3n) is 4.29. The molecule has 8 nitrogen and oxygen atoms in total. The largest absolute Gasteiger partial charge is 0.371 e. The van der Waals surface area contributed by atoms with E-state index in [4.69, 9.17) is 9.26 Å². The Morgan fingerprint density at radius 2 is 2.28 bits per heavy atom. The average molecular weight is 363 g/mol. The highest BCUT2D eigenvalue weighted by atomic mass is 32.1. The molecule has 2 aromatic heterocycles. The molecule has 0 bridgehead atoms. The summed E-state index contributed by atoms with van der Waals surface area (Å²) in [4.78, 5) is 14.1. The molecule has 2 aliphatic rings. The molecular formula is C16H21N5O3S. The van der Waals surface area contributed by atoms with Gasteiger partial charge in [0.2, 0.25) is 11.0 Å². The molecule has 25 heavy (non-hydrogen) atoms. The van der Waals surface area contributed by atoms with E-state index in [0.29, 0.717) is 17.6 Å². The van der Waals surface area contributed by atoms with Gasteiger partial charge in [0.15, 0.2) is 0 Å². The Morgan fingerprint density at radius 1 is 1.40 bits per heavy atom. The summed E-state index contributed by atoms with van der Waals surface area (Å²) in [5, 5.41) is 16.4. The fourth-order valence-electron chi connectivity index (χ4n) is 2.89. The maximum atomic E-state index is 12.2. The second kappa shape index (κ2) is 7.19. The topological polar surface area (TPSA) is 93.4 Å². The van der Waals surface area contributed by atoms with Crippen LogP contribution in [0.5, 0.6) is 0 Å². The van der Waals surface area contributed by atoms with Crippen LogP contribution in [-0.2, 0) is 16.1 Å². The third-order valence-corrected chi connectivity index (χ3v) is 5.23. The van der Waals surface area contributed by atoms with Gasteiger partial charge < -0.3 is 9.26 Å². The van der Waals surface area contributed by atoms with E-state index in [9.17, 15) is 4.79 Å². The Hall–Kier alpha value is -1.84. The maximum Gasteiger partial charge on any atom is 0.240 e. The fraction of sp³-hybridized carbons (Fsp3) is 0.625. The van der Waals surface area contributed by atoms with Crippen LogP contribution in [0.25, 0.3) is 0 Å². The van der Waals surface area contributed by atoms with Gasteiger partial charge in [-0.2, -0.15) is 0 Å². The number of nitrogens with zero attached hydrogens (tertiary/aromatic N) is 4. The maximum absolute atomic E-state index is 12.2. The zero-order valence-corrected chi connectivity index (χ0v) is 14.9. The van der Waals surface area contributed by atoms with Gasteiger partial charge in [0.1, 0.15) is 16.9 Å². The molecule has 9 heteroatoms. The van der Waals surface area contributed by atoms with Crippen LogP contribution in [0.15, 0.2) is 10.6 Å². The van der Waals surface area contributed by atoms with E-state index in [1.54, 1.807) is 0 Å². The van der Waals surface area contributed by atoms with Crippen molar-refractivity contribution in [1.29, 1.82) is 0 Å². The van der Waals surface area contributed by atoms with Crippen LogP contribution in [0, 0.1) is 0 Å². The number of rotatable bonds is 7. The van der Waals surface area contributed by atoms with E-state index < -0.39 is 0 Å². The van der Waals surface area contributed by atoms with Crippen molar-refractivity contribution in [1.82, 2.24) is 20.3 Å². The molecule has 1 aliphatic heterocycles. The Balaban J connectivity index is 1.26. The third kappa shape index (κ3) is 4.23. The van der Waals surface area contributed by atoms with E-state index in [2.05, 4.69) is 20.7 Å². The number of nitrogens with one attached hydrogen (secondary N) is 1. The van der Waals surface area contributed by atoms with Crippen molar-refractivity contribution >= 4 is 22.4 Å². The van der Waals surface area contributed by atoms with Gasteiger partial charge in [-0.15, -0.1) is 10.2 Å². The Morgan fingerprint density at radius 3 is 3.04 bits per heavy atom. The lowest BCUT2D eigenvalue weighted by Gasteiger charge is -2.13. The van der Waals surface area contributed by atoms with Crippen molar-refractivity contribution < 1.29 is 14.1 Å². The van der Waals surface area contributed by atoms with Crippen LogP contribution in [-0.4, -0.2) is 46.4 Å². The molecular weight excluding hydrogens is 342 g/mol. The molecule has 0 aromatic carbocycles. The van der Waals surface area contributed by atoms with Gasteiger partial charge >= 0.3 is 0 Å². The minimum Gasteiger partial charge on any atom is -0.371 e. The molecule has 1 N–H and O–H groups in total. The first-order valence-electron chi connectivity index (χ1n) is 8.56. The molecule has 0 unspecified atom stereocenters. The van der Waals surface area contributed by atoms with Crippen molar-refractivity contribution in [2.45, 2.75) is 44.2 Å². The summed E-state index contributed by atoms with van der Waals surface area (Å²) >= 11 is 1.38. The average Bonchev–Trinajstić information content (AvgIpc) is 2.99. The molecule has 1 atom stereocenters. The summed E-state index contributed by atoms with van der Waals surface area (Å²) in [6, 6.07) is 1.99. The molecule has 2 fully saturated rings. The van der Waals surface area contributed by atoms with E-state index in [1.807, 2.05) is 18.0 Å². The fourth-order valence-corrected chi connectivity index (χ4v) is 3.73. The number of carbonyl (C=O) groups is 1. The molecule has 1 aliphatic carbocycles. The van der Waals surface area contributed by atoms with Crippen molar-refractivity contribution in [3.8, 4) is 0 Å². The molecule has 3 heterocycles. The smallest absolute Gasteiger partial charge is 0.240 e. The van der Waals surface area contributed by atoms with Crippen LogP contribution in [0.4, 0.5) is 5.13 Å². The summed E-state index contributed by atoms with van der Waals surface area (Å²) in [6.45, 7) is 1.59. The number of hydrogen-bond acceptors (Lipinski definition) is 8. The number of aromatic nitrogens is 3. The number of likely N-dealkylation sites (N-methyl/N-ethyl adjacent to an activating group) is 1. The Labute approximate surface area is 149 Å². The van der Waals surface area contributed by atoms with Crippen LogP contribution in [0.1, 0.15) is 54.2 Å². The molecule has 2 aromatic rings. The van der Waals surface area contributed by atoms with Gasteiger partial charge in [0.25, 0.3) is 0 Å². The van der Waals surface area contributed by atoms with Gasteiger partial charge in [-0.05, 0) is 32.7 Å². The predicted octanol–water partition coefficient (Wildman–Crippen LogP) is 2.33. The summed E-state index contributed by atoms with van der Waals surface area (Å²) in [5.74, 6) is 1.39. The number of hydrogen-bond donors (Lipinski definition) is 1. The van der Waals surface area contributed by atoms with Gasteiger partial charge in [-0.1, -0.05) is 16.5 Å². The lowest BCUT2D eigenvalue weighted by atomic mass is 10.2. The van der Waals surface area contributed by atoms with Crippen molar-refractivity contribution in [2.75, 3.05) is 25.5 Å². The number of ether oxygens (including phenoxy) is 1. The van der Waals surface area contributed by atoms with Crippen LogP contribution in [0.3, 0.4) is 0 Å². The van der Waals surface area contributed by atoms with E-state index >= 15 is 0 Å². The molecule has 1 saturated carbocycles. The second-order valence-corrected chi connectivity index (χ2v) is 7.67. The summed E-state index contributed by atoms with van der Waals surface area (Å²) in [7, 11) is 1.88. The second-order valence-electron chi connectivity index (χ2n) is 6.66. The Bertz CT molecular complexity index is 736. The molecule has 134 valence electrons. The van der Waals surface area contributed by atoms with E-state index in [1.165, 1.54) is 24.2 Å². The quantitative estimate of drug-likeness (QED) is 0.807. The van der Waals surface area contributed by atoms with Gasteiger partial charge in [0.05, 0.1) is 12.2 Å². The molecule has 0 spiro atoms. The van der Waals surface area contributed by atoms with Gasteiger partial charge in [-0.25, -0.2) is 0 Å². The zero-order valence-electron chi connectivity index (χ0n) is 14.1. The minimum atomic E-state index is -0.122. The van der Waals surface area contributed by atoms with Crippen molar-refractivity contribution in [2.24, 2.45) is 0 Å².